The molecule has 0 spiro atoms. The second-order valence-corrected chi connectivity index (χ2v) is 5.95. The molecule has 0 aliphatic carbocycles. The Morgan fingerprint density at radius 1 is 1.35 bits per heavy atom. The number of anilines is 2. The van der Waals surface area contributed by atoms with Crippen molar-refractivity contribution < 1.29 is 9.47 Å². The van der Waals surface area contributed by atoms with Crippen molar-refractivity contribution in [1.29, 1.82) is 0 Å². The third-order valence-electron chi connectivity index (χ3n) is 3.39. The van der Waals surface area contributed by atoms with E-state index in [1.54, 1.807) is 25.3 Å². The van der Waals surface area contributed by atoms with Gasteiger partial charge in [0.15, 0.2) is 11.6 Å². The van der Waals surface area contributed by atoms with E-state index in [1.807, 2.05) is 6.92 Å². The number of H-pyrrole nitrogens is 1. The average Bonchev–Trinajstić information content (AvgIpc) is 2.56. The number of para-hydroxylation sites is 1. The molecule has 0 fully saturated rings. The fourth-order valence-corrected chi connectivity index (χ4v) is 2.49. The highest BCUT2D eigenvalue weighted by Gasteiger charge is 2.12. The first kappa shape index (κ1) is 17.9. The Hall–Kier alpha value is -2.91. The maximum absolute atomic E-state index is 11.6. The Kier molecular flexibility index (Phi) is 5.19. The molecular weight excluding hydrogens is 360 g/mol. The van der Waals surface area contributed by atoms with Crippen LogP contribution in [0.1, 0.15) is 6.92 Å². The predicted octanol–water partition coefficient (Wildman–Crippen LogP) is 2.19. The van der Waals surface area contributed by atoms with E-state index in [4.69, 9.17) is 26.8 Å². The highest BCUT2D eigenvalue weighted by atomic mass is 35.5. The predicted molar refractivity (Wildman–Crippen MR) is 98.9 cm³/mol. The minimum atomic E-state index is -0.460. The van der Waals surface area contributed by atoms with Gasteiger partial charge in [-0.15, -0.1) is 0 Å². The molecule has 2 aromatic heterocycles. The lowest BCUT2D eigenvalue weighted by Gasteiger charge is -2.14. The van der Waals surface area contributed by atoms with Gasteiger partial charge in [0.2, 0.25) is 11.8 Å². The number of aromatic nitrogens is 4. The first-order valence-corrected chi connectivity index (χ1v) is 8.10. The SMILES string of the molecule is COC[C@H](C)Nc1nc(Cl)cc(Oc2cccc3[nH]c(=O)c(N)nc23)n1. The number of halogens is 1. The van der Waals surface area contributed by atoms with E-state index in [0.29, 0.717) is 29.3 Å². The van der Waals surface area contributed by atoms with Crippen LogP contribution in [0.5, 0.6) is 11.6 Å². The number of hydrogen-bond donors (Lipinski definition) is 3. The number of methoxy groups -OCH3 is 1. The van der Waals surface area contributed by atoms with Crippen LogP contribution in [0.2, 0.25) is 5.15 Å². The van der Waals surface area contributed by atoms with Crippen molar-refractivity contribution in [2.75, 3.05) is 24.8 Å². The summed E-state index contributed by atoms with van der Waals surface area (Å²) in [5, 5.41) is 3.28. The molecule has 1 atom stereocenters. The summed E-state index contributed by atoms with van der Waals surface area (Å²) in [6.45, 7) is 2.40. The van der Waals surface area contributed by atoms with E-state index in [1.165, 1.54) is 6.07 Å². The Morgan fingerprint density at radius 2 is 2.15 bits per heavy atom. The number of benzene rings is 1. The second kappa shape index (κ2) is 7.54. The lowest BCUT2D eigenvalue weighted by molar-refractivity contribution is 0.190. The van der Waals surface area contributed by atoms with Crippen LogP contribution >= 0.6 is 11.6 Å². The van der Waals surface area contributed by atoms with Gasteiger partial charge in [-0.2, -0.15) is 4.98 Å². The summed E-state index contributed by atoms with van der Waals surface area (Å²) in [5.74, 6) is 0.746. The van der Waals surface area contributed by atoms with Gasteiger partial charge in [-0.1, -0.05) is 17.7 Å². The fourth-order valence-electron chi connectivity index (χ4n) is 2.32. The Balaban J connectivity index is 1.94. The van der Waals surface area contributed by atoms with Crippen LogP contribution in [-0.4, -0.2) is 39.7 Å². The number of nitrogen functional groups attached to an aromatic ring is 1. The molecule has 3 aromatic rings. The van der Waals surface area contributed by atoms with Gasteiger partial charge in [-0.25, -0.2) is 9.97 Å². The molecule has 0 radical (unpaired) electrons. The van der Waals surface area contributed by atoms with Crippen LogP contribution in [0.3, 0.4) is 0 Å². The number of nitrogens with zero attached hydrogens (tertiary/aromatic N) is 3. The largest absolute Gasteiger partial charge is 0.436 e. The molecule has 0 saturated heterocycles. The molecular formula is C16H17ClN6O3. The van der Waals surface area contributed by atoms with Gasteiger partial charge in [-0.3, -0.25) is 4.79 Å². The molecule has 0 unspecified atom stereocenters. The van der Waals surface area contributed by atoms with E-state index in [-0.39, 0.29) is 22.9 Å². The Labute approximate surface area is 153 Å². The number of ether oxygens (including phenoxy) is 2. The smallest absolute Gasteiger partial charge is 0.290 e. The molecule has 26 heavy (non-hydrogen) atoms. The standard InChI is InChI=1S/C16H17ClN6O3/c1-8(7-25-2)19-16-21-11(17)6-12(22-16)26-10-5-3-4-9-13(10)23-14(18)15(24)20-9/h3-6,8H,7H2,1-2H3,(H2,18,23)(H,20,24)(H,19,21,22)/t8-/m0/s1. The third-order valence-corrected chi connectivity index (χ3v) is 3.58. The number of hydrogen-bond acceptors (Lipinski definition) is 8. The summed E-state index contributed by atoms with van der Waals surface area (Å²) in [4.78, 5) is 26.7. The highest BCUT2D eigenvalue weighted by molar-refractivity contribution is 6.29. The first-order chi connectivity index (χ1) is 12.5. The third kappa shape index (κ3) is 4.01. The van der Waals surface area contributed by atoms with Gasteiger partial charge < -0.3 is 25.5 Å². The Morgan fingerprint density at radius 3 is 2.92 bits per heavy atom. The van der Waals surface area contributed by atoms with Crippen LogP contribution in [0.4, 0.5) is 11.8 Å². The summed E-state index contributed by atoms with van der Waals surface area (Å²) >= 11 is 6.06. The van der Waals surface area contributed by atoms with Crippen molar-refractivity contribution in [3.8, 4) is 11.6 Å². The maximum Gasteiger partial charge on any atom is 0.290 e. The zero-order valence-electron chi connectivity index (χ0n) is 14.1. The van der Waals surface area contributed by atoms with Crippen molar-refractivity contribution >= 4 is 34.4 Å². The van der Waals surface area contributed by atoms with Gasteiger partial charge in [0.05, 0.1) is 12.1 Å². The van der Waals surface area contributed by atoms with Crippen molar-refractivity contribution in [2.45, 2.75) is 13.0 Å². The van der Waals surface area contributed by atoms with E-state index >= 15 is 0 Å². The first-order valence-electron chi connectivity index (χ1n) is 7.72. The van der Waals surface area contributed by atoms with Gasteiger partial charge in [-0.05, 0) is 19.1 Å². The molecule has 2 heterocycles. The van der Waals surface area contributed by atoms with E-state index in [2.05, 4.69) is 25.3 Å². The van der Waals surface area contributed by atoms with Crippen LogP contribution < -0.4 is 21.3 Å². The number of fused-ring (bicyclic) bond motifs is 1. The van der Waals surface area contributed by atoms with Crippen LogP contribution in [0.25, 0.3) is 11.0 Å². The molecule has 3 rings (SSSR count). The minimum absolute atomic E-state index is 0.0181. The molecule has 0 aliphatic heterocycles. The summed E-state index contributed by atoms with van der Waals surface area (Å²) in [5.41, 5.74) is 6.04. The topological polar surface area (TPSA) is 128 Å². The molecule has 4 N–H and O–H groups in total. The number of nitrogens with two attached hydrogens (primary N) is 1. The molecule has 0 amide bonds. The molecule has 0 aliphatic rings. The fraction of sp³-hybridized carbons (Fsp3) is 0.250. The molecule has 136 valence electrons. The molecule has 0 saturated carbocycles. The van der Waals surface area contributed by atoms with E-state index in [9.17, 15) is 4.79 Å². The minimum Gasteiger partial charge on any atom is -0.436 e. The maximum atomic E-state index is 11.6. The second-order valence-electron chi connectivity index (χ2n) is 5.56. The Bertz CT molecular complexity index is 993. The van der Waals surface area contributed by atoms with E-state index < -0.39 is 5.56 Å². The number of rotatable bonds is 6. The summed E-state index contributed by atoms with van der Waals surface area (Å²) in [6, 6.07) is 6.55. The van der Waals surface area contributed by atoms with Gasteiger partial charge in [0, 0.05) is 19.2 Å². The van der Waals surface area contributed by atoms with Crippen molar-refractivity contribution in [3.05, 3.63) is 39.8 Å². The zero-order chi connectivity index (χ0) is 18.7. The van der Waals surface area contributed by atoms with Crippen molar-refractivity contribution in [2.24, 2.45) is 0 Å². The van der Waals surface area contributed by atoms with Crippen LogP contribution in [0, 0.1) is 0 Å². The van der Waals surface area contributed by atoms with Crippen LogP contribution in [-0.2, 0) is 4.74 Å². The van der Waals surface area contributed by atoms with Crippen LogP contribution in [0.15, 0.2) is 29.1 Å². The summed E-state index contributed by atoms with van der Waals surface area (Å²) in [6.07, 6.45) is 0. The quantitative estimate of drug-likeness (QED) is 0.558. The lowest BCUT2D eigenvalue weighted by atomic mass is 10.3. The summed E-state index contributed by atoms with van der Waals surface area (Å²) in [7, 11) is 1.61. The normalized spacial score (nSPS) is 12.1. The van der Waals surface area contributed by atoms with Gasteiger partial charge in [0.25, 0.3) is 5.56 Å². The molecule has 9 nitrogen and oxygen atoms in total. The highest BCUT2D eigenvalue weighted by Crippen LogP contribution is 2.28. The molecule has 0 bridgehead atoms. The van der Waals surface area contributed by atoms with Crippen molar-refractivity contribution in [3.63, 3.8) is 0 Å². The molecule has 10 heteroatoms. The van der Waals surface area contributed by atoms with Gasteiger partial charge >= 0.3 is 0 Å². The van der Waals surface area contributed by atoms with Crippen molar-refractivity contribution in [1.82, 2.24) is 19.9 Å². The van der Waals surface area contributed by atoms with E-state index in [0.717, 1.165) is 0 Å². The zero-order valence-corrected chi connectivity index (χ0v) is 14.9. The number of nitrogens with one attached hydrogen (secondary N) is 2. The number of aromatic amines is 1. The monoisotopic (exact) mass is 376 g/mol. The molecule has 1 aromatic carbocycles. The lowest BCUT2D eigenvalue weighted by Crippen LogP contribution is -2.22. The summed E-state index contributed by atoms with van der Waals surface area (Å²) < 4.78 is 10.9. The van der Waals surface area contributed by atoms with Gasteiger partial charge in [0.1, 0.15) is 10.7 Å². The average molecular weight is 377 g/mol.